The van der Waals surface area contributed by atoms with Crippen LogP contribution < -0.4 is 5.32 Å². The molecule has 7 heteroatoms. The molecule has 0 aliphatic rings. The fraction of sp³-hybridized carbons (Fsp3) is 0.455. The predicted molar refractivity (Wildman–Crippen MR) is 62.4 cm³/mol. The first-order chi connectivity index (χ1) is 8.26. The van der Waals surface area contributed by atoms with Crippen LogP contribution in [0.3, 0.4) is 0 Å². The highest BCUT2D eigenvalue weighted by molar-refractivity contribution is 5.63. The van der Waals surface area contributed by atoms with Crippen molar-refractivity contribution in [2.45, 2.75) is 25.8 Å². The maximum Gasteiger partial charge on any atom is 0.327 e. The summed E-state index contributed by atoms with van der Waals surface area (Å²) in [5, 5.41) is 22.3. The molecule has 0 radical (unpaired) electrons. The van der Waals surface area contributed by atoms with Crippen LogP contribution in [0.1, 0.15) is 20.3 Å². The van der Waals surface area contributed by atoms with Gasteiger partial charge in [0.15, 0.2) is 0 Å². The van der Waals surface area contributed by atoms with E-state index in [0.717, 1.165) is 6.07 Å². The lowest BCUT2D eigenvalue weighted by atomic mass is 10.0. The van der Waals surface area contributed by atoms with Gasteiger partial charge in [-0.15, -0.1) is 0 Å². The molecule has 0 aliphatic heterocycles. The molecule has 100 valence electrons. The fourth-order valence-corrected chi connectivity index (χ4v) is 1.55. The maximum absolute atomic E-state index is 13.4. The third-order valence-corrected chi connectivity index (χ3v) is 2.42. The summed E-state index contributed by atoms with van der Waals surface area (Å²) in [7, 11) is 0. The van der Waals surface area contributed by atoms with Gasteiger partial charge in [-0.2, -0.15) is 4.39 Å². The van der Waals surface area contributed by atoms with E-state index in [2.05, 4.69) is 5.32 Å². The molecule has 0 heterocycles. The molecular formula is C11H14F2N2O3. The standard InChI is InChI=1S/C11H14F2N2O3/c1-11(2,3-4-16)14-9-6-7(12)5-8(13)10(9)15(17)18/h5-6,14,16H,3-4H2,1-2H3. The lowest BCUT2D eigenvalue weighted by Gasteiger charge is -2.26. The summed E-state index contributed by atoms with van der Waals surface area (Å²) in [5.41, 5.74) is -1.77. The second-order valence-electron chi connectivity index (χ2n) is 4.52. The van der Waals surface area contributed by atoms with Gasteiger partial charge in [0.1, 0.15) is 11.5 Å². The van der Waals surface area contributed by atoms with Crippen LogP contribution in [0.25, 0.3) is 0 Å². The SMILES string of the molecule is CC(C)(CCO)Nc1cc(F)cc(F)c1[N+](=O)[O-]. The highest BCUT2D eigenvalue weighted by Crippen LogP contribution is 2.31. The van der Waals surface area contributed by atoms with E-state index in [0.29, 0.717) is 6.07 Å². The number of aliphatic hydroxyl groups excluding tert-OH is 1. The van der Waals surface area contributed by atoms with Crippen molar-refractivity contribution in [1.82, 2.24) is 0 Å². The van der Waals surface area contributed by atoms with Crippen molar-refractivity contribution in [1.29, 1.82) is 0 Å². The average molecular weight is 260 g/mol. The van der Waals surface area contributed by atoms with Crippen molar-refractivity contribution in [3.63, 3.8) is 0 Å². The molecular weight excluding hydrogens is 246 g/mol. The Labute approximate surface area is 103 Å². The van der Waals surface area contributed by atoms with Gasteiger partial charge in [-0.3, -0.25) is 10.1 Å². The highest BCUT2D eigenvalue weighted by atomic mass is 19.1. The Kier molecular flexibility index (Phi) is 4.18. The van der Waals surface area contributed by atoms with Gasteiger partial charge in [-0.05, 0) is 20.3 Å². The van der Waals surface area contributed by atoms with Crippen LogP contribution in [-0.2, 0) is 0 Å². The Morgan fingerprint density at radius 2 is 2.06 bits per heavy atom. The molecule has 1 aromatic carbocycles. The summed E-state index contributed by atoms with van der Waals surface area (Å²) in [6.07, 6.45) is 0.280. The number of anilines is 1. The molecule has 5 nitrogen and oxygen atoms in total. The van der Waals surface area contributed by atoms with Crippen LogP contribution in [0, 0.1) is 21.7 Å². The first kappa shape index (κ1) is 14.3. The Bertz CT molecular complexity index is 464. The Hall–Kier alpha value is -1.76. The molecule has 1 aromatic rings. The first-order valence-electron chi connectivity index (χ1n) is 5.29. The van der Waals surface area contributed by atoms with E-state index >= 15 is 0 Å². The van der Waals surface area contributed by atoms with Gasteiger partial charge < -0.3 is 10.4 Å². The summed E-state index contributed by atoms with van der Waals surface area (Å²) in [4.78, 5) is 9.84. The van der Waals surface area contributed by atoms with Crippen LogP contribution in [-0.4, -0.2) is 22.2 Å². The van der Waals surface area contributed by atoms with E-state index in [4.69, 9.17) is 5.11 Å². The van der Waals surface area contributed by atoms with Gasteiger partial charge in [0.2, 0.25) is 5.82 Å². The number of halogens is 2. The number of nitro benzene ring substituents is 1. The summed E-state index contributed by atoms with van der Waals surface area (Å²) >= 11 is 0. The Balaban J connectivity index is 3.19. The van der Waals surface area contributed by atoms with Gasteiger partial charge in [0, 0.05) is 24.3 Å². The lowest BCUT2D eigenvalue weighted by molar-refractivity contribution is -0.386. The smallest absolute Gasteiger partial charge is 0.327 e. The van der Waals surface area contributed by atoms with E-state index in [1.54, 1.807) is 13.8 Å². The third kappa shape index (κ3) is 3.36. The van der Waals surface area contributed by atoms with E-state index in [1.165, 1.54) is 0 Å². The largest absolute Gasteiger partial charge is 0.396 e. The molecule has 0 unspecified atom stereocenters. The summed E-state index contributed by atoms with van der Waals surface area (Å²) in [6.45, 7) is 3.18. The zero-order valence-electron chi connectivity index (χ0n) is 10.0. The van der Waals surface area contributed by atoms with Crippen molar-refractivity contribution in [3.05, 3.63) is 33.9 Å². The minimum atomic E-state index is -1.23. The van der Waals surface area contributed by atoms with E-state index in [-0.39, 0.29) is 18.7 Å². The summed E-state index contributed by atoms with van der Waals surface area (Å²) in [6, 6.07) is 1.32. The Morgan fingerprint density at radius 1 is 1.44 bits per heavy atom. The molecule has 0 saturated carbocycles. The van der Waals surface area contributed by atoms with Crippen molar-refractivity contribution in [2.24, 2.45) is 0 Å². The molecule has 2 N–H and O–H groups in total. The van der Waals surface area contributed by atoms with E-state index in [9.17, 15) is 18.9 Å². The van der Waals surface area contributed by atoms with Gasteiger partial charge >= 0.3 is 5.69 Å². The van der Waals surface area contributed by atoms with Crippen molar-refractivity contribution >= 4 is 11.4 Å². The molecule has 0 saturated heterocycles. The zero-order chi connectivity index (χ0) is 13.9. The van der Waals surface area contributed by atoms with Gasteiger partial charge in [-0.1, -0.05) is 0 Å². The van der Waals surface area contributed by atoms with Gasteiger partial charge in [-0.25, -0.2) is 4.39 Å². The summed E-state index contributed by atoms with van der Waals surface area (Å²) in [5.74, 6) is -2.14. The number of benzene rings is 1. The normalized spacial score (nSPS) is 11.4. The monoisotopic (exact) mass is 260 g/mol. The van der Waals surface area contributed by atoms with Crippen molar-refractivity contribution in [2.75, 3.05) is 11.9 Å². The second kappa shape index (κ2) is 5.26. The quantitative estimate of drug-likeness (QED) is 0.629. The molecule has 18 heavy (non-hydrogen) atoms. The molecule has 1 rings (SSSR count). The molecule has 0 aromatic heterocycles. The number of hydrogen-bond donors (Lipinski definition) is 2. The van der Waals surface area contributed by atoms with Gasteiger partial charge in [0.25, 0.3) is 0 Å². The number of rotatable bonds is 5. The lowest BCUT2D eigenvalue weighted by Crippen LogP contribution is -2.32. The van der Waals surface area contributed by atoms with Crippen LogP contribution in [0.5, 0.6) is 0 Å². The molecule has 0 fully saturated rings. The highest BCUT2D eigenvalue weighted by Gasteiger charge is 2.26. The zero-order valence-corrected chi connectivity index (χ0v) is 10.0. The topological polar surface area (TPSA) is 75.4 Å². The van der Waals surface area contributed by atoms with Crippen molar-refractivity contribution in [3.8, 4) is 0 Å². The molecule has 0 atom stereocenters. The predicted octanol–water partition coefficient (Wildman–Crippen LogP) is 2.45. The van der Waals surface area contributed by atoms with Crippen LogP contribution in [0.15, 0.2) is 12.1 Å². The maximum atomic E-state index is 13.4. The number of nitrogens with one attached hydrogen (secondary N) is 1. The number of nitro groups is 1. The molecule has 0 bridgehead atoms. The average Bonchev–Trinajstić information content (AvgIpc) is 2.13. The Morgan fingerprint density at radius 3 is 2.56 bits per heavy atom. The minimum Gasteiger partial charge on any atom is -0.396 e. The van der Waals surface area contributed by atoms with Crippen LogP contribution in [0.2, 0.25) is 0 Å². The fourth-order valence-electron chi connectivity index (χ4n) is 1.55. The molecule has 0 spiro atoms. The molecule has 0 amide bonds. The number of aliphatic hydroxyl groups is 1. The van der Waals surface area contributed by atoms with Crippen molar-refractivity contribution < 1.29 is 18.8 Å². The minimum absolute atomic E-state index is 0.147. The third-order valence-electron chi connectivity index (χ3n) is 2.42. The van der Waals surface area contributed by atoms with Gasteiger partial charge in [0.05, 0.1) is 4.92 Å². The molecule has 0 aliphatic carbocycles. The van der Waals surface area contributed by atoms with Crippen LogP contribution in [0.4, 0.5) is 20.2 Å². The number of nitrogens with zero attached hydrogens (tertiary/aromatic N) is 1. The van der Waals surface area contributed by atoms with E-state index < -0.39 is 27.8 Å². The first-order valence-corrected chi connectivity index (χ1v) is 5.29. The second-order valence-corrected chi connectivity index (χ2v) is 4.52. The number of hydrogen-bond acceptors (Lipinski definition) is 4. The van der Waals surface area contributed by atoms with E-state index in [1.807, 2.05) is 0 Å². The summed E-state index contributed by atoms with van der Waals surface area (Å²) < 4.78 is 26.4. The van der Waals surface area contributed by atoms with Crippen LogP contribution >= 0.6 is 0 Å².